The topological polar surface area (TPSA) is 46.4 Å². The number of halogens is 3. The summed E-state index contributed by atoms with van der Waals surface area (Å²) in [6, 6.07) is 8.70. The molecule has 0 bridgehead atoms. The standard InChI is InChI=1S/C21H16F3N3OS/c1-12(17-7-6-15(23)8-18(17)24)25-20(28)9-16-11-29-21-26-19(10-27(16)21)13-2-4-14(22)5-3-13/h2-8,10-12H,9H2,1H3,(H,25,28)/t12-/m1/s1. The number of hydrogen-bond acceptors (Lipinski definition) is 3. The fourth-order valence-electron chi connectivity index (χ4n) is 3.10. The van der Waals surface area contributed by atoms with Crippen LogP contribution in [-0.4, -0.2) is 15.3 Å². The Hall–Kier alpha value is -3.13. The molecule has 0 aliphatic carbocycles. The fraction of sp³-hybridized carbons (Fsp3) is 0.143. The predicted octanol–water partition coefficient (Wildman–Crippen LogP) is 4.90. The molecule has 0 radical (unpaired) electrons. The highest BCUT2D eigenvalue weighted by atomic mass is 32.1. The smallest absolute Gasteiger partial charge is 0.226 e. The molecule has 1 amide bonds. The van der Waals surface area contributed by atoms with E-state index in [2.05, 4.69) is 10.3 Å². The van der Waals surface area contributed by atoms with Crippen LogP contribution >= 0.6 is 11.3 Å². The molecular formula is C21H16F3N3OS. The molecule has 0 unspecified atom stereocenters. The van der Waals surface area contributed by atoms with Gasteiger partial charge in [0.2, 0.25) is 5.91 Å². The van der Waals surface area contributed by atoms with Crippen LogP contribution in [0.15, 0.2) is 54.0 Å². The summed E-state index contributed by atoms with van der Waals surface area (Å²) in [5.74, 6) is -1.98. The average molecular weight is 415 g/mol. The lowest BCUT2D eigenvalue weighted by Gasteiger charge is -2.15. The van der Waals surface area contributed by atoms with Crippen molar-refractivity contribution in [1.29, 1.82) is 0 Å². The van der Waals surface area contributed by atoms with E-state index in [1.165, 1.54) is 29.5 Å². The summed E-state index contributed by atoms with van der Waals surface area (Å²) >= 11 is 1.39. The molecule has 4 rings (SSSR count). The van der Waals surface area contributed by atoms with Crippen molar-refractivity contribution in [1.82, 2.24) is 14.7 Å². The highest BCUT2D eigenvalue weighted by Crippen LogP contribution is 2.24. The minimum atomic E-state index is -0.700. The lowest BCUT2D eigenvalue weighted by molar-refractivity contribution is -0.121. The van der Waals surface area contributed by atoms with Crippen LogP contribution in [0.2, 0.25) is 0 Å². The SMILES string of the molecule is C[C@@H](NC(=O)Cc1csc2nc(-c3ccc(F)cc3)cn12)c1ccc(F)cc1F. The molecule has 1 N–H and O–H groups in total. The van der Waals surface area contributed by atoms with Crippen LogP contribution in [-0.2, 0) is 11.2 Å². The first-order valence-corrected chi connectivity index (χ1v) is 9.74. The van der Waals surface area contributed by atoms with Gasteiger partial charge in [-0.2, -0.15) is 0 Å². The lowest BCUT2D eigenvalue weighted by atomic mass is 10.1. The van der Waals surface area contributed by atoms with Crippen LogP contribution in [0.3, 0.4) is 0 Å². The molecule has 29 heavy (non-hydrogen) atoms. The van der Waals surface area contributed by atoms with Crippen LogP contribution in [0.25, 0.3) is 16.2 Å². The van der Waals surface area contributed by atoms with Gasteiger partial charge < -0.3 is 5.32 Å². The Bertz CT molecular complexity index is 1180. The van der Waals surface area contributed by atoms with Gasteiger partial charge in [0.05, 0.1) is 18.2 Å². The van der Waals surface area contributed by atoms with E-state index < -0.39 is 17.7 Å². The van der Waals surface area contributed by atoms with Crippen LogP contribution in [0.4, 0.5) is 13.2 Å². The van der Waals surface area contributed by atoms with E-state index in [0.29, 0.717) is 10.7 Å². The number of fused-ring (bicyclic) bond motifs is 1. The van der Waals surface area contributed by atoms with E-state index in [1.807, 2.05) is 9.78 Å². The number of imidazole rings is 1. The number of nitrogens with one attached hydrogen (secondary N) is 1. The fourth-order valence-corrected chi connectivity index (χ4v) is 3.98. The second-order valence-corrected chi connectivity index (χ2v) is 7.48. The van der Waals surface area contributed by atoms with Crippen molar-refractivity contribution in [3.8, 4) is 11.3 Å². The summed E-state index contributed by atoms with van der Waals surface area (Å²) in [5, 5.41) is 4.56. The molecule has 0 aliphatic rings. The van der Waals surface area contributed by atoms with Crippen molar-refractivity contribution in [3.05, 3.63) is 82.8 Å². The zero-order valence-corrected chi connectivity index (χ0v) is 16.1. The molecule has 1 atom stereocenters. The van der Waals surface area contributed by atoms with Gasteiger partial charge in [0.25, 0.3) is 0 Å². The number of benzene rings is 2. The maximum absolute atomic E-state index is 13.9. The third kappa shape index (κ3) is 4.02. The molecule has 0 saturated carbocycles. The number of aromatic nitrogens is 2. The minimum absolute atomic E-state index is 0.0758. The Morgan fingerprint density at radius 2 is 1.86 bits per heavy atom. The number of carbonyl (C=O) groups excluding carboxylic acids is 1. The summed E-state index contributed by atoms with van der Waals surface area (Å²) < 4.78 is 41.9. The van der Waals surface area contributed by atoms with Crippen LogP contribution in [0.5, 0.6) is 0 Å². The maximum Gasteiger partial charge on any atom is 0.226 e. The summed E-state index contributed by atoms with van der Waals surface area (Å²) in [7, 11) is 0. The van der Waals surface area contributed by atoms with Crippen molar-refractivity contribution in [3.63, 3.8) is 0 Å². The monoisotopic (exact) mass is 415 g/mol. The van der Waals surface area contributed by atoms with Gasteiger partial charge in [-0.1, -0.05) is 6.07 Å². The van der Waals surface area contributed by atoms with Crippen LogP contribution in [0.1, 0.15) is 24.2 Å². The predicted molar refractivity (Wildman–Crippen MR) is 105 cm³/mol. The van der Waals surface area contributed by atoms with Gasteiger partial charge in [-0.15, -0.1) is 11.3 Å². The van der Waals surface area contributed by atoms with Crippen molar-refractivity contribution in [2.75, 3.05) is 0 Å². The largest absolute Gasteiger partial charge is 0.349 e. The molecule has 0 aliphatic heterocycles. The van der Waals surface area contributed by atoms with Crippen LogP contribution in [0, 0.1) is 17.5 Å². The molecule has 148 valence electrons. The Morgan fingerprint density at radius 3 is 2.59 bits per heavy atom. The Balaban J connectivity index is 1.50. The van der Waals surface area contributed by atoms with E-state index in [9.17, 15) is 18.0 Å². The van der Waals surface area contributed by atoms with Gasteiger partial charge in [-0.3, -0.25) is 9.20 Å². The molecule has 8 heteroatoms. The number of rotatable bonds is 5. The molecule has 0 fully saturated rings. The molecule has 0 saturated heterocycles. The molecule has 0 spiro atoms. The normalized spacial score (nSPS) is 12.3. The average Bonchev–Trinajstić information content (AvgIpc) is 3.24. The molecule has 4 aromatic rings. The van der Waals surface area contributed by atoms with Gasteiger partial charge >= 0.3 is 0 Å². The van der Waals surface area contributed by atoms with Crippen molar-refractivity contribution in [2.45, 2.75) is 19.4 Å². The third-order valence-electron chi connectivity index (χ3n) is 4.57. The quantitative estimate of drug-likeness (QED) is 0.504. The van der Waals surface area contributed by atoms with E-state index in [0.717, 1.165) is 23.4 Å². The first-order chi connectivity index (χ1) is 13.9. The second kappa shape index (κ2) is 7.71. The highest BCUT2D eigenvalue weighted by Gasteiger charge is 2.17. The lowest BCUT2D eigenvalue weighted by Crippen LogP contribution is -2.29. The number of hydrogen-bond donors (Lipinski definition) is 1. The zero-order valence-electron chi connectivity index (χ0n) is 15.3. The van der Waals surface area contributed by atoms with Crippen molar-refractivity contribution < 1.29 is 18.0 Å². The summed E-state index contributed by atoms with van der Waals surface area (Å²) in [6.45, 7) is 1.64. The Kier molecular flexibility index (Phi) is 5.10. The number of thiazole rings is 1. The van der Waals surface area contributed by atoms with E-state index >= 15 is 0 Å². The first kappa shape index (κ1) is 19.2. The molecule has 2 aromatic heterocycles. The summed E-state index contributed by atoms with van der Waals surface area (Å²) in [4.78, 5) is 17.7. The molecular weight excluding hydrogens is 399 g/mol. The number of nitrogens with zero attached hydrogens (tertiary/aromatic N) is 2. The third-order valence-corrected chi connectivity index (χ3v) is 5.46. The first-order valence-electron chi connectivity index (χ1n) is 8.86. The maximum atomic E-state index is 13.9. The Labute approximate surface area is 168 Å². The van der Waals surface area contributed by atoms with Gasteiger partial charge in [-0.05, 0) is 37.3 Å². The summed E-state index contributed by atoms with van der Waals surface area (Å²) in [5.41, 5.74) is 2.41. The van der Waals surface area contributed by atoms with E-state index in [4.69, 9.17) is 0 Å². The van der Waals surface area contributed by atoms with E-state index in [-0.39, 0.29) is 23.7 Å². The second-order valence-electron chi connectivity index (χ2n) is 6.64. The van der Waals surface area contributed by atoms with Gasteiger partial charge in [-0.25, -0.2) is 18.2 Å². The van der Waals surface area contributed by atoms with Gasteiger partial charge in [0.1, 0.15) is 17.5 Å². The minimum Gasteiger partial charge on any atom is -0.349 e. The van der Waals surface area contributed by atoms with E-state index in [1.54, 1.807) is 25.3 Å². The van der Waals surface area contributed by atoms with Crippen molar-refractivity contribution >= 4 is 22.2 Å². The number of amides is 1. The van der Waals surface area contributed by atoms with Crippen molar-refractivity contribution in [2.24, 2.45) is 0 Å². The Morgan fingerprint density at radius 1 is 1.14 bits per heavy atom. The molecule has 2 heterocycles. The molecule has 2 aromatic carbocycles. The summed E-state index contributed by atoms with van der Waals surface area (Å²) in [6.07, 6.45) is 1.87. The highest BCUT2D eigenvalue weighted by molar-refractivity contribution is 7.15. The zero-order chi connectivity index (χ0) is 20.5. The molecule has 4 nitrogen and oxygen atoms in total. The van der Waals surface area contributed by atoms with Gasteiger partial charge in [0, 0.05) is 34.5 Å². The number of carbonyl (C=O) groups is 1. The van der Waals surface area contributed by atoms with Crippen LogP contribution < -0.4 is 5.32 Å². The van der Waals surface area contributed by atoms with Gasteiger partial charge in [0.15, 0.2) is 4.96 Å².